The number of benzene rings is 1. The first-order valence-corrected chi connectivity index (χ1v) is 8.72. The van der Waals surface area contributed by atoms with Crippen molar-refractivity contribution in [2.75, 3.05) is 19.6 Å². The van der Waals surface area contributed by atoms with Gasteiger partial charge in [0.2, 0.25) is 0 Å². The lowest BCUT2D eigenvalue weighted by Crippen LogP contribution is -2.58. The number of aryl methyl sites for hydroxylation is 1. The van der Waals surface area contributed by atoms with E-state index in [1.165, 1.54) is 44.3 Å². The van der Waals surface area contributed by atoms with Gasteiger partial charge in [0.25, 0.3) is 0 Å². The van der Waals surface area contributed by atoms with Crippen LogP contribution in [0.15, 0.2) is 30.3 Å². The topological polar surface area (TPSA) is 15.3 Å². The third kappa shape index (κ3) is 5.12. The van der Waals surface area contributed by atoms with Gasteiger partial charge < -0.3 is 5.32 Å². The van der Waals surface area contributed by atoms with E-state index in [4.69, 9.17) is 0 Å². The summed E-state index contributed by atoms with van der Waals surface area (Å²) in [4.78, 5) is 2.74. The average Bonchev–Trinajstić information content (AvgIpc) is 2.52. The minimum atomic E-state index is 0.689. The van der Waals surface area contributed by atoms with Crippen LogP contribution in [0.2, 0.25) is 0 Å². The monoisotopic (exact) mass is 288 g/mol. The van der Waals surface area contributed by atoms with Gasteiger partial charge >= 0.3 is 0 Å². The van der Waals surface area contributed by atoms with E-state index in [2.05, 4.69) is 61.3 Å². The average molecular weight is 288 g/mol. The van der Waals surface area contributed by atoms with Gasteiger partial charge in [0.15, 0.2) is 0 Å². The predicted molar refractivity (Wildman–Crippen MR) is 91.7 cm³/mol. The Morgan fingerprint density at radius 2 is 1.95 bits per heavy atom. The van der Waals surface area contributed by atoms with Gasteiger partial charge in [0.1, 0.15) is 0 Å². The zero-order valence-electron chi connectivity index (χ0n) is 14.0. The third-order valence-corrected chi connectivity index (χ3v) is 4.81. The molecule has 0 radical (unpaired) electrons. The highest BCUT2D eigenvalue weighted by Gasteiger charge is 2.28. The Kier molecular flexibility index (Phi) is 6.72. The minimum Gasteiger partial charge on any atom is -0.311 e. The Bertz CT molecular complexity index is 388. The molecule has 1 heterocycles. The summed E-state index contributed by atoms with van der Waals surface area (Å²) in [5.41, 5.74) is 1.48. The van der Waals surface area contributed by atoms with Crippen LogP contribution in [0.3, 0.4) is 0 Å². The van der Waals surface area contributed by atoms with E-state index < -0.39 is 0 Å². The van der Waals surface area contributed by atoms with Crippen LogP contribution in [-0.4, -0.2) is 36.6 Å². The van der Waals surface area contributed by atoms with Crippen molar-refractivity contribution >= 4 is 0 Å². The highest BCUT2D eigenvalue weighted by molar-refractivity contribution is 5.14. The Balaban J connectivity index is 1.76. The molecule has 0 amide bonds. The van der Waals surface area contributed by atoms with Gasteiger partial charge in [-0.25, -0.2) is 0 Å². The van der Waals surface area contributed by atoms with Crippen molar-refractivity contribution < 1.29 is 0 Å². The van der Waals surface area contributed by atoms with Crippen LogP contribution in [0.4, 0.5) is 0 Å². The first-order valence-electron chi connectivity index (χ1n) is 8.72. The molecule has 2 atom stereocenters. The van der Waals surface area contributed by atoms with Crippen LogP contribution in [-0.2, 0) is 6.42 Å². The summed E-state index contributed by atoms with van der Waals surface area (Å²) in [6.45, 7) is 10.7. The van der Waals surface area contributed by atoms with Crippen molar-refractivity contribution in [3.05, 3.63) is 35.9 Å². The van der Waals surface area contributed by atoms with Crippen LogP contribution < -0.4 is 5.32 Å². The lowest BCUT2D eigenvalue weighted by atomic mass is 9.97. The van der Waals surface area contributed by atoms with E-state index in [9.17, 15) is 0 Å². The lowest BCUT2D eigenvalue weighted by molar-refractivity contribution is 0.0954. The first-order chi connectivity index (χ1) is 10.2. The van der Waals surface area contributed by atoms with Gasteiger partial charge in [0.05, 0.1) is 0 Å². The van der Waals surface area contributed by atoms with E-state index in [0.717, 1.165) is 12.5 Å². The van der Waals surface area contributed by atoms with Gasteiger partial charge in [-0.2, -0.15) is 0 Å². The summed E-state index contributed by atoms with van der Waals surface area (Å²) >= 11 is 0. The highest BCUT2D eigenvalue weighted by atomic mass is 15.2. The molecule has 1 N–H and O–H groups in total. The van der Waals surface area contributed by atoms with E-state index >= 15 is 0 Å². The van der Waals surface area contributed by atoms with E-state index in [1.807, 2.05) is 0 Å². The molecule has 1 saturated heterocycles. The molecule has 0 aromatic heterocycles. The highest BCUT2D eigenvalue weighted by Crippen LogP contribution is 2.17. The quantitative estimate of drug-likeness (QED) is 0.769. The fourth-order valence-corrected chi connectivity index (χ4v) is 3.38. The zero-order chi connectivity index (χ0) is 15.1. The molecule has 1 aliphatic heterocycles. The van der Waals surface area contributed by atoms with Crippen molar-refractivity contribution in [2.45, 2.75) is 58.5 Å². The van der Waals surface area contributed by atoms with Gasteiger partial charge in [-0.05, 0) is 43.7 Å². The number of nitrogens with one attached hydrogen (secondary N) is 1. The molecule has 0 bridgehead atoms. The molecular weight excluding hydrogens is 256 g/mol. The number of piperazine rings is 1. The molecule has 2 unspecified atom stereocenters. The Morgan fingerprint density at radius 3 is 2.62 bits per heavy atom. The van der Waals surface area contributed by atoms with Crippen molar-refractivity contribution in [2.24, 2.45) is 5.92 Å². The zero-order valence-corrected chi connectivity index (χ0v) is 14.0. The van der Waals surface area contributed by atoms with Crippen LogP contribution in [0.5, 0.6) is 0 Å². The molecule has 21 heavy (non-hydrogen) atoms. The van der Waals surface area contributed by atoms with Crippen molar-refractivity contribution in [3.63, 3.8) is 0 Å². The van der Waals surface area contributed by atoms with Crippen molar-refractivity contribution in [1.82, 2.24) is 10.2 Å². The Labute approximate surface area is 130 Å². The molecule has 1 aliphatic rings. The number of unbranched alkanes of at least 4 members (excludes halogenated alkanes) is 1. The first kappa shape index (κ1) is 16.5. The fraction of sp³-hybridized carbons (Fsp3) is 0.684. The van der Waals surface area contributed by atoms with Gasteiger partial charge in [0, 0.05) is 25.2 Å². The number of hydrogen-bond acceptors (Lipinski definition) is 2. The van der Waals surface area contributed by atoms with Crippen LogP contribution in [0, 0.1) is 5.92 Å². The minimum absolute atomic E-state index is 0.689. The summed E-state index contributed by atoms with van der Waals surface area (Å²) in [7, 11) is 0. The third-order valence-electron chi connectivity index (χ3n) is 4.81. The molecular formula is C19H32N2. The molecule has 2 heteroatoms. The summed E-state index contributed by atoms with van der Waals surface area (Å²) in [6.07, 6.45) is 5.08. The van der Waals surface area contributed by atoms with Crippen LogP contribution in [0.1, 0.15) is 45.6 Å². The molecule has 1 aromatic rings. The van der Waals surface area contributed by atoms with Crippen LogP contribution in [0.25, 0.3) is 0 Å². The van der Waals surface area contributed by atoms with E-state index in [0.29, 0.717) is 12.1 Å². The van der Waals surface area contributed by atoms with E-state index in [-0.39, 0.29) is 0 Å². The molecule has 0 saturated carbocycles. The largest absolute Gasteiger partial charge is 0.311 e. The normalized spacial score (nSPS) is 23.6. The van der Waals surface area contributed by atoms with Crippen molar-refractivity contribution in [1.29, 1.82) is 0 Å². The Hall–Kier alpha value is -0.860. The standard InChI is InChI=1S/C19H32N2/c1-4-18-15-21(19(14-20-18)16(2)3)13-9-8-12-17-10-6-5-7-11-17/h5-7,10-11,16,18-20H,4,8-9,12-15H2,1-3H3. The van der Waals surface area contributed by atoms with Crippen molar-refractivity contribution in [3.8, 4) is 0 Å². The summed E-state index contributed by atoms with van der Waals surface area (Å²) in [6, 6.07) is 12.3. The summed E-state index contributed by atoms with van der Waals surface area (Å²) in [5.74, 6) is 0.740. The maximum Gasteiger partial charge on any atom is 0.0244 e. The SMILES string of the molecule is CCC1CN(CCCCc2ccccc2)C(C(C)C)CN1. The number of hydrogen-bond donors (Lipinski definition) is 1. The summed E-state index contributed by atoms with van der Waals surface area (Å²) < 4.78 is 0. The fourth-order valence-electron chi connectivity index (χ4n) is 3.38. The predicted octanol–water partition coefficient (Wildman–Crippen LogP) is 3.72. The summed E-state index contributed by atoms with van der Waals surface area (Å²) in [5, 5.41) is 3.70. The molecule has 118 valence electrons. The van der Waals surface area contributed by atoms with Gasteiger partial charge in [-0.1, -0.05) is 51.1 Å². The van der Waals surface area contributed by atoms with Gasteiger partial charge in [-0.15, -0.1) is 0 Å². The second-order valence-electron chi connectivity index (χ2n) is 6.76. The molecule has 1 aromatic carbocycles. The maximum absolute atomic E-state index is 3.70. The Morgan fingerprint density at radius 1 is 1.19 bits per heavy atom. The number of rotatable bonds is 7. The second-order valence-corrected chi connectivity index (χ2v) is 6.76. The molecule has 1 fully saturated rings. The number of nitrogens with zero attached hydrogens (tertiary/aromatic N) is 1. The molecule has 0 aliphatic carbocycles. The smallest absolute Gasteiger partial charge is 0.0244 e. The maximum atomic E-state index is 3.70. The lowest BCUT2D eigenvalue weighted by Gasteiger charge is -2.42. The van der Waals surface area contributed by atoms with E-state index in [1.54, 1.807) is 0 Å². The van der Waals surface area contributed by atoms with Gasteiger partial charge in [-0.3, -0.25) is 4.90 Å². The van der Waals surface area contributed by atoms with Crippen LogP contribution >= 0.6 is 0 Å². The molecule has 2 nitrogen and oxygen atoms in total. The second kappa shape index (κ2) is 8.55. The molecule has 0 spiro atoms. The molecule has 2 rings (SSSR count).